The molecule has 0 bridgehead atoms. The third-order valence-corrected chi connectivity index (χ3v) is 17.6. The third kappa shape index (κ3) is 9.08. The van der Waals surface area contributed by atoms with Crippen LogP contribution >= 0.6 is 44.3 Å². The largest absolute Gasteiger partial charge is 0.378 e. The minimum atomic E-state index is -0.707. The molecule has 2 fully saturated rings. The van der Waals surface area contributed by atoms with Crippen LogP contribution in [0.15, 0.2) is 48.5 Å². The number of hydrogen-bond acceptors (Lipinski definition) is 8. The van der Waals surface area contributed by atoms with E-state index in [1.807, 2.05) is 44.3 Å². The lowest BCUT2D eigenvalue weighted by Gasteiger charge is -2.34. The number of ether oxygens (including phenoxy) is 2. The number of hydrogen-bond donors (Lipinski definition) is 0. The van der Waals surface area contributed by atoms with E-state index in [1.165, 1.54) is 83.6 Å². The average molecular weight is 727 g/mol. The van der Waals surface area contributed by atoms with Gasteiger partial charge in [-0.2, -0.15) is 0 Å². The van der Waals surface area contributed by atoms with Gasteiger partial charge in [0.1, 0.15) is 10.0 Å². The van der Waals surface area contributed by atoms with Crippen molar-refractivity contribution >= 4 is 82.3 Å². The molecule has 0 amide bonds. The number of rotatable bonds is 15. The molecule has 0 saturated heterocycles. The Morgan fingerprint density at radius 1 is 0.630 bits per heavy atom. The van der Waals surface area contributed by atoms with E-state index in [-0.39, 0.29) is 11.5 Å². The summed E-state index contributed by atoms with van der Waals surface area (Å²) >= 11 is 3.77. The average Bonchev–Trinajstić information content (AvgIpc) is 3.70. The van der Waals surface area contributed by atoms with E-state index in [0.717, 1.165) is 22.5 Å². The molecular weight excluding hydrogens is 677 g/mol. The van der Waals surface area contributed by atoms with Crippen LogP contribution in [-0.2, 0) is 9.47 Å². The lowest BCUT2D eigenvalue weighted by Crippen LogP contribution is -2.39. The molecule has 2 aromatic heterocycles. The molecule has 4 nitrogen and oxygen atoms in total. The molecule has 10 heteroatoms. The molecular formula is C36H50N2O2S4Si2. The van der Waals surface area contributed by atoms with Gasteiger partial charge in [-0.3, -0.25) is 0 Å². The molecule has 4 atom stereocenters. The zero-order valence-corrected chi connectivity index (χ0v) is 33.2. The Morgan fingerprint density at radius 2 is 1.02 bits per heavy atom. The van der Waals surface area contributed by atoms with Gasteiger partial charge in [-0.15, -0.1) is 22.7 Å². The summed E-state index contributed by atoms with van der Waals surface area (Å²) in [6.07, 6.45) is 13.6. The van der Waals surface area contributed by atoms with Crippen molar-refractivity contribution < 1.29 is 9.47 Å². The molecule has 2 aromatic carbocycles. The second-order valence-corrected chi connectivity index (χ2v) is 23.7. The zero-order chi connectivity index (χ0) is 31.9. The maximum absolute atomic E-state index is 7.07. The summed E-state index contributed by atoms with van der Waals surface area (Å²) in [6.45, 7) is 9.77. The van der Waals surface area contributed by atoms with Crippen LogP contribution in [0.2, 0.25) is 26.2 Å². The molecule has 2 radical (unpaired) electrons. The molecule has 4 unspecified atom stereocenters. The molecule has 248 valence electrons. The highest BCUT2D eigenvalue weighted by molar-refractivity contribution is 8.76. The van der Waals surface area contributed by atoms with Gasteiger partial charge in [0.25, 0.3) is 0 Å². The van der Waals surface area contributed by atoms with Crippen molar-refractivity contribution in [1.82, 2.24) is 9.97 Å². The van der Waals surface area contributed by atoms with Crippen LogP contribution in [0.5, 0.6) is 0 Å². The van der Waals surface area contributed by atoms with Gasteiger partial charge in [0.15, 0.2) is 0 Å². The highest BCUT2D eigenvalue weighted by Crippen LogP contribution is 2.42. The Bertz CT molecular complexity index is 1320. The van der Waals surface area contributed by atoms with Gasteiger partial charge in [0, 0.05) is 23.3 Å². The van der Waals surface area contributed by atoms with Crippen LogP contribution in [0.25, 0.3) is 20.4 Å². The Kier molecular flexibility index (Phi) is 13.2. The summed E-state index contributed by atoms with van der Waals surface area (Å²) in [7, 11) is 2.65. The summed E-state index contributed by atoms with van der Waals surface area (Å²) in [5.41, 5.74) is 2.79. The molecule has 2 heterocycles. The smallest absolute Gasteiger partial charge is 0.100 e. The van der Waals surface area contributed by atoms with Crippen LogP contribution in [0.3, 0.4) is 0 Å². The second-order valence-electron chi connectivity index (χ2n) is 13.6. The summed E-state index contributed by atoms with van der Waals surface area (Å²) in [6, 6.07) is 17.3. The maximum Gasteiger partial charge on any atom is 0.100 e. The Hall–Kier alpha value is -0.726. The van der Waals surface area contributed by atoms with E-state index < -0.39 is 17.6 Å². The van der Waals surface area contributed by atoms with Gasteiger partial charge in [-0.05, 0) is 49.9 Å². The van der Waals surface area contributed by atoms with Gasteiger partial charge in [-0.1, -0.05) is 111 Å². The molecule has 4 aromatic rings. The van der Waals surface area contributed by atoms with E-state index in [4.69, 9.17) is 19.4 Å². The van der Waals surface area contributed by atoms with Gasteiger partial charge in [-0.25, -0.2) is 9.97 Å². The molecule has 0 aliphatic heterocycles. The van der Waals surface area contributed by atoms with Crippen molar-refractivity contribution in [2.45, 2.75) is 126 Å². The first-order chi connectivity index (χ1) is 22.5. The summed E-state index contributed by atoms with van der Waals surface area (Å²) in [5.74, 6) is 2.67. The Morgan fingerprint density at radius 3 is 1.39 bits per heavy atom. The van der Waals surface area contributed by atoms with E-state index in [9.17, 15) is 0 Å². The van der Waals surface area contributed by atoms with Gasteiger partial charge < -0.3 is 9.47 Å². The third-order valence-electron chi connectivity index (χ3n) is 9.49. The highest BCUT2D eigenvalue weighted by atomic mass is 33.1. The molecule has 2 aliphatic rings. The highest BCUT2D eigenvalue weighted by Gasteiger charge is 2.35. The lowest BCUT2D eigenvalue weighted by molar-refractivity contribution is -0.00331. The minimum Gasteiger partial charge on any atom is -0.378 e. The first kappa shape index (κ1) is 35.1. The number of benzene rings is 2. The van der Waals surface area contributed by atoms with E-state index in [2.05, 4.69) is 74.7 Å². The summed E-state index contributed by atoms with van der Waals surface area (Å²) in [4.78, 5) is 10.4. The van der Waals surface area contributed by atoms with Crippen molar-refractivity contribution in [3.63, 3.8) is 0 Å². The lowest BCUT2D eigenvalue weighted by atomic mass is 9.98. The Labute approximate surface area is 295 Å². The molecule has 2 saturated carbocycles. The van der Waals surface area contributed by atoms with E-state index in [1.54, 1.807) is 0 Å². The predicted octanol–water partition coefficient (Wildman–Crippen LogP) is 11.2. The monoisotopic (exact) mass is 726 g/mol. The number of aromatic nitrogens is 2. The SMILES string of the molecule is C[Si](C)C(OC1CCCCC1)C(CSSCC(c1nc2ccccc2s1)C(OC1CCCCC1)[Si](C)C)c1nc2ccccc2s1. The maximum atomic E-state index is 7.07. The van der Waals surface area contributed by atoms with E-state index in [0.29, 0.717) is 24.0 Å². The topological polar surface area (TPSA) is 44.2 Å². The van der Waals surface area contributed by atoms with Crippen molar-refractivity contribution in [2.24, 2.45) is 0 Å². The second kappa shape index (κ2) is 17.3. The first-order valence-corrected chi connectivity index (χ1v) is 26.6. The van der Waals surface area contributed by atoms with Crippen LogP contribution in [0.4, 0.5) is 0 Å². The predicted molar refractivity (Wildman–Crippen MR) is 208 cm³/mol. The summed E-state index contributed by atoms with van der Waals surface area (Å²) < 4.78 is 16.7. The number of nitrogens with zero attached hydrogens (tertiary/aromatic N) is 2. The number of thiazole rings is 2. The summed E-state index contributed by atoms with van der Waals surface area (Å²) in [5, 5.41) is 2.52. The number of fused-ring (bicyclic) bond motifs is 2. The van der Waals surface area contributed by atoms with Gasteiger partial charge in [0.2, 0.25) is 0 Å². The van der Waals surface area contributed by atoms with Gasteiger partial charge in [0.05, 0.1) is 61.7 Å². The standard InChI is InChI=1S/C36H50N2O2S4Si2/c1-45(2)35(39-25-15-7-5-8-16-25)27(33-37-29-19-11-13-21-31(29)43-33)23-41-42-24-28(34-38-30-20-12-14-22-32(30)44-34)36(46(3)4)40-26-17-9-6-10-18-26/h11-14,19-22,25-28,35-36H,5-10,15-18,23-24H2,1-4H3. The fourth-order valence-corrected chi connectivity index (χ4v) is 15.7. The quantitative estimate of drug-likeness (QED) is 0.0690. The Balaban J connectivity index is 1.21. The van der Waals surface area contributed by atoms with Crippen molar-refractivity contribution in [3.8, 4) is 0 Å². The molecule has 46 heavy (non-hydrogen) atoms. The molecule has 2 aliphatic carbocycles. The fraction of sp³-hybridized carbons (Fsp3) is 0.611. The minimum absolute atomic E-state index is 0.269. The van der Waals surface area contributed by atoms with Crippen molar-refractivity contribution in [1.29, 1.82) is 0 Å². The van der Waals surface area contributed by atoms with Crippen molar-refractivity contribution in [2.75, 3.05) is 11.5 Å². The number of para-hydroxylation sites is 2. The van der Waals surface area contributed by atoms with Gasteiger partial charge >= 0.3 is 0 Å². The van der Waals surface area contributed by atoms with Crippen LogP contribution < -0.4 is 0 Å². The van der Waals surface area contributed by atoms with E-state index >= 15 is 0 Å². The first-order valence-electron chi connectivity index (χ1n) is 17.3. The van der Waals surface area contributed by atoms with Crippen LogP contribution in [0, 0.1) is 0 Å². The van der Waals surface area contributed by atoms with Crippen LogP contribution in [-0.4, -0.2) is 62.7 Å². The molecule has 6 rings (SSSR count). The fourth-order valence-electron chi connectivity index (χ4n) is 7.00. The van der Waals surface area contributed by atoms with Crippen LogP contribution in [0.1, 0.15) is 86.1 Å². The van der Waals surface area contributed by atoms with Crippen molar-refractivity contribution in [3.05, 3.63) is 58.5 Å². The molecule has 0 N–H and O–H groups in total. The zero-order valence-electron chi connectivity index (χ0n) is 27.9. The molecule has 0 spiro atoms. The normalized spacial score (nSPS) is 19.7.